The lowest BCUT2D eigenvalue weighted by atomic mass is 10.2. The molecule has 1 N–H and O–H groups in total. The standard InChI is InChI=1S/C21H17N5OS/c27-20(15-28-21-22-12-7-13-23-21)24-19-14-18(16-8-3-1-4-9-16)25-26(19)17-10-5-2-6-11-17/h1-14H,15H2,(H,24,27). The van der Waals surface area contributed by atoms with E-state index in [1.54, 1.807) is 23.1 Å². The number of amides is 1. The normalized spacial score (nSPS) is 10.6. The minimum atomic E-state index is -0.144. The van der Waals surface area contributed by atoms with E-state index < -0.39 is 0 Å². The average Bonchev–Trinajstić information content (AvgIpc) is 3.18. The summed E-state index contributed by atoms with van der Waals surface area (Å²) in [5, 5.41) is 8.22. The van der Waals surface area contributed by atoms with Crippen LogP contribution < -0.4 is 5.32 Å². The molecule has 6 nitrogen and oxygen atoms in total. The van der Waals surface area contributed by atoms with E-state index in [0.717, 1.165) is 16.9 Å². The van der Waals surface area contributed by atoms with Gasteiger partial charge in [0.25, 0.3) is 0 Å². The number of nitrogens with one attached hydrogen (secondary N) is 1. The monoisotopic (exact) mass is 387 g/mol. The smallest absolute Gasteiger partial charge is 0.236 e. The van der Waals surface area contributed by atoms with E-state index in [4.69, 9.17) is 5.10 Å². The maximum absolute atomic E-state index is 12.5. The predicted molar refractivity (Wildman–Crippen MR) is 110 cm³/mol. The quantitative estimate of drug-likeness (QED) is 0.399. The van der Waals surface area contributed by atoms with Gasteiger partial charge in [0, 0.05) is 24.0 Å². The minimum absolute atomic E-state index is 0.144. The van der Waals surface area contributed by atoms with Crippen molar-refractivity contribution in [3.63, 3.8) is 0 Å². The number of para-hydroxylation sites is 1. The number of aromatic nitrogens is 4. The number of hydrogen-bond donors (Lipinski definition) is 1. The fourth-order valence-corrected chi connectivity index (χ4v) is 3.26. The molecule has 0 spiro atoms. The summed E-state index contributed by atoms with van der Waals surface area (Å²) in [5.74, 6) is 0.684. The highest BCUT2D eigenvalue weighted by Crippen LogP contribution is 2.25. The van der Waals surface area contributed by atoms with E-state index in [2.05, 4.69) is 15.3 Å². The number of carbonyl (C=O) groups excluding carboxylic acids is 1. The van der Waals surface area contributed by atoms with Crippen LogP contribution >= 0.6 is 11.8 Å². The first kappa shape index (κ1) is 17.9. The van der Waals surface area contributed by atoms with Gasteiger partial charge in [-0.2, -0.15) is 5.10 Å². The third-order valence-electron chi connectivity index (χ3n) is 3.92. The summed E-state index contributed by atoms with van der Waals surface area (Å²) in [4.78, 5) is 20.7. The summed E-state index contributed by atoms with van der Waals surface area (Å²) < 4.78 is 1.74. The highest BCUT2D eigenvalue weighted by atomic mass is 32.2. The molecule has 2 aromatic carbocycles. The van der Waals surface area contributed by atoms with Crippen LogP contribution in [0.4, 0.5) is 5.82 Å². The molecule has 0 radical (unpaired) electrons. The average molecular weight is 387 g/mol. The third-order valence-corrected chi connectivity index (χ3v) is 4.80. The van der Waals surface area contributed by atoms with Gasteiger partial charge >= 0.3 is 0 Å². The Morgan fingerprint density at radius 1 is 0.929 bits per heavy atom. The molecule has 0 aliphatic rings. The molecule has 4 aromatic rings. The van der Waals surface area contributed by atoms with E-state index in [-0.39, 0.29) is 11.7 Å². The predicted octanol–water partition coefficient (Wildman–Crippen LogP) is 4.06. The van der Waals surface area contributed by atoms with Gasteiger partial charge in [0.1, 0.15) is 5.82 Å². The molecule has 0 saturated carbocycles. The summed E-state index contributed by atoms with van der Waals surface area (Å²) in [5.41, 5.74) is 2.65. The Kier molecular flexibility index (Phi) is 5.44. The first-order chi connectivity index (χ1) is 13.8. The molecular formula is C21H17N5OS. The molecule has 0 bridgehead atoms. The van der Waals surface area contributed by atoms with Gasteiger partial charge in [-0.05, 0) is 18.2 Å². The maximum Gasteiger partial charge on any atom is 0.236 e. The second kappa shape index (κ2) is 8.49. The van der Waals surface area contributed by atoms with E-state index in [1.807, 2.05) is 66.7 Å². The molecular weight excluding hydrogens is 370 g/mol. The molecule has 1 amide bonds. The van der Waals surface area contributed by atoms with Gasteiger partial charge < -0.3 is 5.32 Å². The number of nitrogens with zero attached hydrogens (tertiary/aromatic N) is 4. The fraction of sp³-hybridized carbons (Fsp3) is 0.0476. The lowest BCUT2D eigenvalue weighted by Crippen LogP contribution is -2.17. The van der Waals surface area contributed by atoms with Gasteiger partial charge in [0.15, 0.2) is 5.16 Å². The second-order valence-electron chi connectivity index (χ2n) is 5.90. The van der Waals surface area contributed by atoms with Gasteiger partial charge in [-0.25, -0.2) is 14.6 Å². The van der Waals surface area contributed by atoms with Crippen LogP contribution in [0, 0.1) is 0 Å². The Balaban J connectivity index is 1.58. The molecule has 0 atom stereocenters. The molecule has 0 aliphatic carbocycles. The van der Waals surface area contributed by atoms with Crippen molar-refractivity contribution in [1.82, 2.24) is 19.7 Å². The Morgan fingerprint density at radius 3 is 2.32 bits per heavy atom. The first-order valence-electron chi connectivity index (χ1n) is 8.70. The summed E-state index contributed by atoms with van der Waals surface area (Å²) in [6, 6.07) is 23.2. The van der Waals surface area contributed by atoms with Gasteiger partial charge in [0.05, 0.1) is 17.1 Å². The molecule has 138 valence electrons. The molecule has 0 unspecified atom stereocenters. The second-order valence-corrected chi connectivity index (χ2v) is 6.84. The van der Waals surface area contributed by atoms with Crippen molar-refractivity contribution in [3.8, 4) is 16.9 Å². The van der Waals surface area contributed by atoms with Crippen molar-refractivity contribution in [2.45, 2.75) is 5.16 Å². The van der Waals surface area contributed by atoms with Crippen molar-refractivity contribution >= 4 is 23.5 Å². The number of benzene rings is 2. The van der Waals surface area contributed by atoms with Crippen molar-refractivity contribution in [2.75, 3.05) is 11.1 Å². The van der Waals surface area contributed by atoms with Crippen LogP contribution in [0.2, 0.25) is 0 Å². The first-order valence-corrected chi connectivity index (χ1v) is 9.69. The van der Waals surface area contributed by atoms with E-state index in [0.29, 0.717) is 11.0 Å². The van der Waals surface area contributed by atoms with Crippen molar-refractivity contribution in [2.24, 2.45) is 0 Å². The van der Waals surface area contributed by atoms with Gasteiger partial charge in [-0.15, -0.1) is 0 Å². The van der Waals surface area contributed by atoms with Crippen LogP contribution in [-0.4, -0.2) is 31.4 Å². The summed E-state index contributed by atoms with van der Waals surface area (Å²) in [7, 11) is 0. The molecule has 2 heterocycles. The Bertz CT molecular complexity index is 1050. The Hall–Kier alpha value is -3.45. The lowest BCUT2D eigenvalue weighted by Gasteiger charge is -2.08. The molecule has 7 heteroatoms. The van der Waals surface area contributed by atoms with Gasteiger partial charge in [0.2, 0.25) is 5.91 Å². The number of hydrogen-bond acceptors (Lipinski definition) is 5. The molecule has 0 fully saturated rings. The zero-order chi connectivity index (χ0) is 19.2. The number of carbonyl (C=O) groups is 1. The fourth-order valence-electron chi connectivity index (χ4n) is 2.66. The number of anilines is 1. The highest BCUT2D eigenvalue weighted by molar-refractivity contribution is 7.99. The largest absolute Gasteiger partial charge is 0.310 e. The van der Waals surface area contributed by atoms with Crippen LogP contribution in [-0.2, 0) is 4.79 Å². The maximum atomic E-state index is 12.5. The highest BCUT2D eigenvalue weighted by Gasteiger charge is 2.14. The van der Waals surface area contributed by atoms with E-state index in [1.165, 1.54) is 11.8 Å². The van der Waals surface area contributed by atoms with Crippen molar-refractivity contribution in [1.29, 1.82) is 0 Å². The molecule has 0 aliphatic heterocycles. The minimum Gasteiger partial charge on any atom is -0.310 e. The Morgan fingerprint density at radius 2 is 1.61 bits per heavy atom. The SMILES string of the molecule is O=C(CSc1ncccn1)Nc1cc(-c2ccccc2)nn1-c1ccccc1. The summed E-state index contributed by atoms with van der Waals surface area (Å²) >= 11 is 1.29. The van der Waals surface area contributed by atoms with Crippen molar-refractivity contribution in [3.05, 3.63) is 85.2 Å². The van der Waals surface area contributed by atoms with Gasteiger partial charge in [-0.1, -0.05) is 60.3 Å². The molecule has 0 saturated heterocycles. The number of thioether (sulfide) groups is 1. The molecule has 28 heavy (non-hydrogen) atoms. The number of rotatable bonds is 6. The summed E-state index contributed by atoms with van der Waals surface area (Å²) in [6.45, 7) is 0. The zero-order valence-electron chi connectivity index (χ0n) is 14.9. The van der Waals surface area contributed by atoms with Crippen LogP contribution in [0.15, 0.2) is 90.3 Å². The summed E-state index contributed by atoms with van der Waals surface area (Å²) in [6.07, 6.45) is 3.31. The van der Waals surface area contributed by atoms with Crippen LogP contribution in [0.1, 0.15) is 0 Å². The van der Waals surface area contributed by atoms with Crippen molar-refractivity contribution < 1.29 is 4.79 Å². The van der Waals surface area contributed by atoms with E-state index >= 15 is 0 Å². The van der Waals surface area contributed by atoms with Crippen LogP contribution in [0.5, 0.6) is 0 Å². The zero-order valence-corrected chi connectivity index (χ0v) is 15.7. The van der Waals surface area contributed by atoms with Crippen LogP contribution in [0.3, 0.4) is 0 Å². The van der Waals surface area contributed by atoms with E-state index in [9.17, 15) is 4.79 Å². The lowest BCUT2D eigenvalue weighted by molar-refractivity contribution is -0.113. The Labute approximate surface area is 166 Å². The topological polar surface area (TPSA) is 72.7 Å². The molecule has 2 aromatic heterocycles. The third kappa shape index (κ3) is 4.27. The van der Waals surface area contributed by atoms with Crippen LogP contribution in [0.25, 0.3) is 16.9 Å². The van der Waals surface area contributed by atoms with Gasteiger partial charge in [-0.3, -0.25) is 4.79 Å². The molecule has 4 rings (SSSR count).